The second-order valence-corrected chi connectivity index (χ2v) is 9.46. The van der Waals surface area contributed by atoms with E-state index in [1.807, 2.05) is 6.07 Å². The lowest BCUT2D eigenvalue weighted by Crippen LogP contribution is -2.57. The van der Waals surface area contributed by atoms with Crippen LogP contribution in [0.15, 0.2) is 6.07 Å². The predicted molar refractivity (Wildman–Crippen MR) is 97.2 cm³/mol. The predicted octanol–water partition coefficient (Wildman–Crippen LogP) is 3.26. The Balaban J connectivity index is 1.76. The van der Waals surface area contributed by atoms with E-state index in [4.69, 9.17) is 4.74 Å². The minimum absolute atomic E-state index is 0.261. The summed E-state index contributed by atoms with van der Waals surface area (Å²) in [6.07, 6.45) is 3.78. The summed E-state index contributed by atoms with van der Waals surface area (Å²) in [6.45, 7) is 7.53. The molecule has 2 heterocycles. The third kappa shape index (κ3) is 3.75. The van der Waals surface area contributed by atoms with Gasteiger partial charge in [-0.05, 0) is 42.2 Å². The first kappa shape index (κ1) is 18.4. The molecule has 1 aliphatic carbocycles. The van der Waals surface area contributed by atoms with E-state index >= 15 is 0 Å². The van der Waals surface area contributed by atoms with Gasteiger partial charge in [-0.15, -0.1) is 11.3 Å². The molecule has 1 atom stereocenters. The highest BCUT2D eigenvalue weighted by atomic mass is 32.1. The Bertz CT molecular complexity index is 667. The molecule has 1 fully saturated rings. The van der Waals surface area contributed by atoms with Gasteiger partial charge < -0.3 is 15.2 Å². The molecule has 2 aliphatic rings. The topological polar surface area (TPSA) is 75.6 Å². The lowest BCUT2D eigenvalue weighted by Gasteiger charge is -2.33. The number of thiophene rings is 1. The molecular weight excluding hydrogens is 338 g/mol. The van der Waals surface area contributed by atoms with Crippen LogP contribution in [0.5, 0.6) is 0 Å². The molecule has 0 saturated carbocycles. The molecule has 0 radical (unpaired) electrons. The summed E-state index contributed by atoms with van der Waals surface area (Å²) < 4.78 is 5.26. The highest BCUT2D eigenvalue weighted by Crippen LogP contribution is 2.40. The van der Waals surface area contributed by atoms with Crippen molar-refractivity contribution in [1.82, 2.24) is 5.32 Å². The quantitative estimate of drug-likeness (QED) is 0.862. The van der Waals surface area contributed by atoms with E-state index in [-0.39, 0.29) is 11.3 Å². The average Bonchev–Trinajstić information content (AvgIpc) is 2.98. The van der Waals surface area contributed by atoms with Gasteiger partial charge in [-0.3, -0.25) is 4.79 Å². The van der Waals surface area contributed by atoms with E-state index in [2.05, 4.69) is 26.1 Å². The molecule has 1 saturated heterocycles. The maximum Gasteiger partial charge on any atom is 0.329 e. The van der Waals surface area contributed by atoms with Gasteiger partial charge in [-0.25, -0.2) is 4.79 Å². The number of aryl methyl sites for hydroxylation is 1. The molecule has 2 N–H and O–H groups in total. The van der Waals surface area contributed by atoms with Crippen molar-refractivity contribution in [3.8, 4) is 0 Å². The molecule has 25 heavy (non-hydrogen) atoms. The van der Waals surface area contributed by atoms with Crippen LogP contribution in [0.4, 0.5) is 0 Å². The normalized spacial score (nSPS) is 22.9. The molecule has 0 spiro atoms. The minimum atomic E-state index is -1.20. The van der Waals surface area contributed by atoms with Crippen LogP contribution in [0.2, 0.25) is 0 Å². The van der Waals surface area contributed by atoms with E-state index < -0.39 is 11.5 Å². The van der Waals surface area contributed by atoms with Crippen molar-refractivity contribution in [2.24, 2.45) is 11.3 Å². The monoisotopic (exact) mass is 365 g/mol. The van der Waals surface area contributed by atoms with Crippen LogP contribution in [0, 0.1) is 11.3 Å². The van der Waals surface area contributed by atoms with Gasteiger partial charge in [0.25, 0.3) is 5.91 Å². The molecule has 138 valence electrons. The van der Waals surface area contributed by atoms with Crippen LogP contribution in [0.25, 0.3) is 0 Å². The largest absolute Gasteiger partial charge is 0.480 e. The van der Waals surface area contributed by atoms with E-state index in [0.29, 0.717) is 36.9 Å². The fourth-order valence-electron chi connectivity index (χ4n) is 3.77. The van der Waals surface area contributed by atoms with Gasteiger partial charge in [0.15, 0.2) is 0 Å². The van der Waals surface area contributed by atoms with Crippen LogP contribution in [0.1, 0.15) is 60.1 Å². The van der Waals surface area contributed by atoms with E-state index in [1.54, 1.807) is 0 Å². The van der Waals surface area contributed by atoms with Crippen molar-refractivity contribution < 1.29 is 19.4 Å². The molecule has 1 aromatic heterocycles. The van der Waals surface area contributed by atoms with Gasteiger partial charge in [-0.1, -0.05) is 20.8 Å². The molecule has 6 heteroatoms. The molecular formula is C19H27NO4S. The Hall–Kier alpha value is -1.40. The lowest BCUT2D eigenvalue weighted by atomic mass is 9.72. The Kier molecular flexibility index (Phi) is 4.95. The first-order valence-electron chi connectivity index (χ1n) is 8.96. The van der Waals surface area contributed by atoms with E-state index in [9.17, 15) is 14.7 Å². The summed E-state index contributed by atoms with van der Waals surface area (Å²) >= 11 is 1.52. The minimum Gasteiger partial charge on any atom is -0.480 e. The summed E-state index contributed by atoms with van der Waals surface area (Å²) in [4.78, 5) is 26.3. The average molecular weight is 365 g/mol. The van der Waals surface area contributed by atoms with Gasteiger partial charge in [0.05, 0.1) is 4.88 Å². The van der Waals surface area contributed by atoms with Crippen LogP contribution in [-0.4, -0.2) is 35.7 Å². The zero-order chi connectivity index (χ0) is 18.2. The molecule has 5 nitrogen and oxygen atoms in total. The molecule has 1 aromatic rings. The number of rotatable bonds is 3. The van der Waals surface area contributed by atoms with Gasteiger partial charge >= 0.3 is 5.97 Å². The summed E-state index contributed by atoms with van der Waals surface area (Å²) in [5.41, 5.74) is 0.323. The number of hydrogen-bond donors (Lipinski definition) is 2. The number of carbonyl (C=O) groups excluding carboxylic acids is 1. The second-order valence-electron chi connectivity index (χ2n) is 8.32. The third-order valence-electron chi connectivity index (χ3n) is 5.64. The highest BCUT2D eigenvalue weighted by molar-refractivity contribution is 7.14. The van der Waals surface area contributed by atoms with Gasteiger partial charge in [-0.2, -0.15) is 0 Å². The van der Waals surface area contributed by atoms with E-state index in [0.717, 1.165) is 19.3 Å². The molecule has 3 rings (SSSR count). The van der Waals surface area contributed by atoms with Crippen molar-refractivity contribution in [3.63, 3.8) is 0 Å². The van der Waals surface area contributed by atoms with Crippen LogP contribution < -0.4 is 5.32 Å². The summed E-state index contributed by atoms with van der Waals surface area (Å²) in [5.74, 6) is -0.624. The number of carboxylic acids is 1. The number of fused-ring (bicyclic) bond motifs is 1. The molecule has 1 amide bonds. The fourth-order valence-corrected chi connectivity index (χ4v) is 4.87. The van der Waals surface area contributed by atoms with Crippen molar-refractivity contribution in [3.05, 3.63) is 21.4 Å². The van der Waals surface area contributed by atoms with Crippen molar-refractivity contribution in [1.29, 1.82) is 0 Å². The van der Waals surface area contributed by atoms with Crippen LogP contribution in [-0.2, 0) is 22.4 Å². The molecule has 0 bridgehead atoms. The SMILES string of the molecule is CC(C)(C)C1CCc2sc(C(=O)NC3(C(=O)O)CCOCC3)cc2C1. The second kappa shape index (κ2) is 6.72. The van der Waals surface area contributed by atoms with Crippen molar-refractivity contribution >= 4 is 23.2 Å². The number of aliphatic carboxylic acids is 1. The molecule has 0 aromatic carbocycles. The standard InChI is InChI=1S/C19H27NO4S/c1-18(2,3)13-4-5-14-12(10-13)11-15(25-14)16(21)20-19(17(22)23)6-8-24-9-7-19/h11,13H,4-10H2,1-3H3,(H,20,21)(H,22,23). The molecule has 1 unspecified atom stereocenters. The zero-order valence-corrected chi connectivity index (χ0v) is 16.0. The highest BCUT2D eigenvalue weighted by Gasteiger charge is 2.42. The Morgan fingerprint density at radius 2 is 2.00 bits per heavy atom. The zero-order valence-electron chi connectivity index (χ0n) is 15.2. The fraction of sp³-hybridized carbons (Fsp3) is 0.684. The summed E-state index contributed by atoms with van der Waals surface area (Å²) in [5, 5.41) is 12.4. The number of carboxylic acid groups (broad SMARTS) is 1. The Labute approximate surface area is 152 Å². The lowest BCUT2D eigenvalue weighted by molar-refractivity contribution is -0.148. The third-order valence-corrected chi connectivity index (χ3v) is 6.88. The van der Waals surface area contributed by atoms with Gasteiger partial charge in [0, 0.05) is 30.9 Å². The maximum atomic E-state index is 12.7. The van der Waals surface area contributed by atoms with Gasteiger partial charge in [0.2, 0.25) is 0 Å². The van der Waals surface area contributed by atoms with Crippen LogP contribution >= 0.6 is 11.3 Å². The van der Waals surface area contributed by atoms with Gasteiger partial charge in [0.1, 0.15) is 5.54 Å². The van der Waals surface area contributed by atoms with Crippen LogP contribution in [0.3, 0.4) is 0 Å². The number of ether oxygens (including phenoxy) is 1. The van der Waals surface area contributed by atoms with Crippen molar-refractivity contribution in [2.45, 2.75) is 58.4 Å². The number of amides is 1. The number of hydrogen-bond acceptors (Lipinski definition) is 4. The Morgan fingerprint density at radius 3 is 2.60 bits per heavy atom. The number of nitrogens with one attached hydrogen (secondary N) is 1. The number of carbonyl (C=O) groups is 2. The first-order valence-corrected chi connectivity index (χ1v) is 9.78. The Morgan fingerprint density at radius 1 is 1.32 bits per heavy atom. The smallest absolute Gasteiger partial charge is 0.329 e. The first-order chi connectivity index (χ1) is 11.7. The summed E-state index contributed by atoms with van der Waals surface area (Å²) in [7, 11) is 0. The van der Waals surface area contributed by atoms with Crippen molar-refractivity contribution in [2.75, 3.05) is 13.2 Å². The summed E-state index contributed by atoms with van der Waals surface area (Å²) in [6, 6.07) is 1.97. The maximum absolute atomic E-state index is 12.7. The van der Waals surface area contributed by atoms with E-state index in [1.165, 1.54) is 21.8 Å². The molecule has 1 aliphatic heterocycles.